The molecule has 0 unspecified atom stereocenters. The van der Waals surface area contributed by atoms with Crippen LogP contribution in [0.1, 0.15) is 19.8 Å². The number of carbonyl (C=O) groups is 2. The lowest BCUT2D eigenvalue weighted by Gasteiger charge is -2.17. The average molecular weight is 505 g/mol. The Kier molecular flexibility index (Phi) is 8.26. The molecular weight excluding hydrogens is 480 g/mol. The highest BCUT2D eigenvalue weighted by atomic mass is 35.5. The van der Waals surface area contributed by atoms with Crippen molar-refractivity contribution >= 4 is 45.9 Å². The zero-order valence-corrected chi connectivity index (χ0v) is 20.4. The molecule has 0 bridgehead atoms. The van der Waals surface area contributed by atoms with Crippen LogP contribution in [0.4, 0.5) is 21.0 Å². The molecule has 0 saturated carbocycles. The van der Waals surface area contributed by atoms with Gasteiger partial charge in [-0.15, -0.1) is 0 Å². The normalized spacial score (nSPS) is 10.5. The van der Waals surface area contributed by atoms with Gasteiger partial charge in [0.05, 0.1) is 6.61 Å². The molecule has 0 aromatic heterocycles. The zero-order chi connectivity index (χ0) is 25.3. The number of fused-ring (bicyclic) bond motifs is 1. The van der Waals surface area contributed by atoms with Gasteiger partial charge in [-0.25, -0.2) is 9.59 Å². The maximum atomic E-state index is 12.7. The topological polar surface area (TPSA) is 85.9 Å². The van der Waals surface area contributed by atoms with E-state index >= 15 is 0 Å². The predicted molar refractivity (Wildman–Crippen MR) is 142 cm³/mol. The molecular formula is C28H25ClN2O5. The lowest BCUT2D eigenvalue weighted by atomic mass is 10.1. The van der Waals surface area contributed by atoms with E-state index in [1.165, 1.54) is 6.07 Å². The fourth-order valence-corrected chi connectivity index (χ4v) is 3.63. The van der Waals surface area contributed by atoms with Crippen molar-refractivity contribution in [1.82, 2.24) is 0 Å². The first-order chi connectivity index (χ1) is 17.5. The summed E-state index contributed by atoms with van der Waals surface area (Å²) in [6.45, 7) is 2.43. The number of rotatable bonds is 8. The number of ether oxygens (including phenoxy) is 3. The Hall–Kier alpha value is -4.23. The molecule has 4 rings (SSSR count). The van der Waals surface area contributed by atoms with Gasteiger partial charge in [-0.2, -0.15) is 0 Å². The summed E-state index contributed by atoms with van der Waals surface area (Å²) in [6.07, 6.45) is 0.334. The number of anilines is 2. The van der Waals surface area contributed by atoms with Crippen molar-refractivity contribution < 1.29 is 23.8 Å². The number of amides is 2. The molecule has 2 amide bonds. The van der Waals surface area contributed by atoms with Crippen molar-refractivity contribution in [3.8, 4) is 17.2 Å². The first-order valence-corrected chi connectivity index (χ1v) is 11.9. The van der Waals surface area contributed by atoms with E-state index in [2.05, 4.69) is 10.6 Å². The molecule has 7 nitrogen and oxygen atoms in total. The Morgan fingerprint density at radius 2 is 1.36 bits per heavy atom. The molecule has 4 aromatic rings. The van der Waals surface area contributed by atoms with Gasteiger partial charge >= 0.3 is 12.2 Å². The van der Waals surface area contributed by atoms with Crippen molar-refractivity contribution in [3.05, 3.63) is 90.0 Å². The quantitative estimate of drug-likeness (QED) is 0.238. The third-order valence-corrected chi connectivity index (χ3v) is 5.41. The number of halogens is 1. The van der Waals surface area contributed by atoms with E-state index in [0.29, 0.717) is 33.8 Å². The van der Waals surface area contributed by atoms with Crippen LogP contribution in [0.25, 0.3) is 10.8 Å². The second kappa shape index (κ2) is 12.0. The largest absolute Gasteiger partial charge is 0.490 e. The van der Waals surface area contributed by atoms with Gasteiger partial charge in [0.2, 0.25) is 0 Å². The first-order valence-electron chi connectivity index (χ1n) is 11.5. The standard InChI is InChI=1S/C28H25ClN2O5/c1-2-3-16-34-25-18-24(35-27(32)30-20-10-6-4-7-11-20)23-17-19(29)14-15-22(23)26(25)36-28(33)31-21-12-8-5-9-13-21/h4-15,17-18H,2-3,16H2,1H3,(H,30,32)(H,31,33). The van der Waals surface area contributed by atoms with Crippen molar-refractivity contribution in [2.75, 3.05) is 17.2 Å². The summed E-state index contributed by atoms with van der Waals surface area (Å²) in [6, 6.07) is 24.4. The van der Waals surface area contributed by atoms with Crippen molar-refractivity contribution in [1.29, 1.82) is 0 Å². The van der Waals surface area contributed by atoms with Crippen LogP contribution in [0.5, 0.6) is 17.2 Å². The summed E-state index contributed by atoms with van der Waals surface area (Å²) in [5.74, 6) is 0.675. The lowest BCUT2D eigenvalue weighted by molar-refractivity contribution is 0.210. The highest BCUT2D eigenvalue weighted by Gasteiger charge is 2.21. The zero-order valence-electron chi connectivity index (χ0n) is 19.6. The van der Waals surface area contributed by atoms with Crippen molar-refractivity contribution in [2.24, 2.45) is 0 Å². The third-order valence-electron chi connectivity index (χ3n) is 5.17. The highest BCUT2D eigenvalue weighted by molar-refractivity contribution is 6.31. The molecule has 2 N–H and O–H groups in total. The second-order valence-electron chi connectivity index (χ2n) is 7.85. The van der Waals surface area contributed by atoms with E-state index in [9.17, 15) is 9.59 Å². The maximum Gasteiger partial charge on any atom is 0.417 e. The number of hydrogen-bond donors (Lipinski definition) is 2. The van der Waals surface area contributed by atoms with Crippen LogP contribution < -0.4 is 24.8 Å². The molecule has 0 radical (unpaired) electrons. The van der Waals surface area contributed by atoms with Gasteiger partial charge in [0, 0.05) is 33.2 Å². The third kappa shape index (κ3) is 6.46. The number of hydrogen-bond acceptors (Lipinski definition) is 5. The molecule has 0 aliphatic heterocycles. The van der Waals surface area contributed by atoms with E-state index in [4.69, 9.17) is 25.8 Å². The number of carbonyl (C=O) groups excluding carboxylic acids is 2. The van der Waals surface area contributed by atoms with E-state index in [1.807, 2.05) is 19.1 Å². The van der Waals surface area contributed by atoms with Gasteiger partial charge in [0.25, 0.3) is 0 Å². The van der Waals surface area contributed by atoms with Crippen LogP contribution in [-0.4, -0.2) is 18.8 Å². The summed E-state index contributed by atoms with van der Waals surface area (Å²) in [4.78, 5) is 25.4. The smallest absolute Gasteiger partial charge is 0.417 e. The molecule has 0 fully saturated rings. The molecule has 0 heterocycles. The summed E-state index contributed by atoms with van der Waals surface area (Å²) in [5.41, 5.74) is 1.17. The minimum absolute atomic E-state index is 0.196. The molecule has 0 aliphatic rings. The number of para-hydroxylation sites is 2. The summed E-state index contributed by atoms with van der Waals surface area (Å²) < 4.78 is 17.3. The average Bonchev–Trinajstić information content (AvgIpc) is 2.87. The molecule has 0 aliphatic carbocycles. The van der Waals surface area contributed by atoms with Crippen molar-refractivity contribution in [3.63, 3.8) is 0 Å². The van der Waals surface area contributed by atoms with Crippen molar-refractivity contribution in [2.45, 2.75) is 19.8 Å². The van der Waals surface area contributed by atoms with Gasteiger partial charge < -0.3 is 14.2 Å². The monoisotopic (exact) mass is 504 g/mol. The molecule has 36 heavy (non-hydrogen) atoms. The number of nitrogens with one attached hydrogen (secondary N) is 2. The van der Waals surface area contributed by atoms with Gasteiger partial charge in [-0.05, 0) is 48.9 Å². The summed E-state index contributed by atoms with van der Waals surface area (Å²) in [7, 11) is 0. The van der Waals surface area contributed by atoms with Gasteiger partial charge in [0.15, 0.2) is 11.5 Å². The fourth-order valence-electron chi connectivity index (χ4n) is 3.46. The van der Waals surface area contributed by atoms with Crippen LogP contribution >= 0.6 is 11.6 Å². The van der Waals surface area contributed by atoms with E-state index in [0.717, 1.165) is 12.8 Å². The highest BCUT2D eigenvalue weighted by Crippen LogP contribution is 2.43. The van der Waals surface area contributed by atoms with Crippen LogP contribution in [0.2, 0.25) is 5.02 Å². The predicted octanol–water partition coefficient (Wildman–Crippen LogP) is 7.89. The molecule has 0 atom stereocenters. The van der Waals surface area contributed by atoms with E-state index < -0.39 is 12.2 Å². The van der Waals surface area contributed by atoms with Gasteiger partial charge in [-0.1, -0.05) is 61.3 Å². The summed E-state index contributed by atoms with van der Waals surface area (Å²) in [5, 5.41) is 6.79. The van der Waals surface area contributed by atoms with Crippen LogP contribution in [-0.2, 0) is 0 Å². The molecule has 0 spiro atoms. The Labute approximate surface area is 213 Å². The molecule has 184 valence electrons. The first kappa shape index (κ1) is 24.9. The lowest BCUT2D eigenvalue weighted by Crippen LogP contribution is -2.18. The van der Waals surface area contributed by atoms with Gasteiger partial charge in [-0.3, -0.25) is 10.6 Å². The van der Waals surface area contributed by atoms with E-state index in [-0.39, 0.29) is 17.2 Å². The Bertz CT molecular complexity index is 1350. The minimum atomic E-state index is -0.687. The Morgan fingerprint density at radius 1 is 0.750 bits per heavy atom. The molecule has 0 saturated heterocycles. The Morgan fingerprint density at radius 3 is 1.97 bits per heavy atom. The maximum absolute atomic E-state index is 12.7. The van der Waals surface area contributed by atoms with Gasteiger partial charge in [0.1, 0.15) is 5.75 Å². The number of benzene rings is 4. The van der Waals surface area contributed by atoms with E-state index in [1.54, 1.807) is 66.7 Å². The SMILES string of the molecule is CCCCOc1cc(OC(=O)Nc2ccccc2)c2cc(Cl)ccc2c1OC(=O)Nc1ccccc1. The van der Waals surface area contributed by atoms with Crippen LogP contribution in [0.3, 0.4) is 0 Å². The molecule has 8 heteroatoms. The van der Waals surface area contributed by atoms with Crippen LogP contribution in [0, 0.1) is 0 Å². The Balaban J connectivity index is 1.69. The van der Waals surface area contributed by atoms with Crippen LogP contribution in [0.15, 0.2) is 84.9 Å². The second-order valence-corrected chi connectivity index (χ2v) is 8.29. The fraction of sp³-hybridized carbons (Fsp3) is 0.143. The molecule has 4 aromatic carbocycles. The number of unbranched alkanes of at least 4 members (excludes halogenated alkanes) is 1. The minimum Gasteiger partial charge on any atom is -0.490 e. The summed E-state index contributed by atoms with van der Waals surface area (Å²) >= 11 is 6.26.